The summed E-state index contributed by atoms with van der Waals surface area (Å²) in [7, 11) is 0. The quantitative estimate of drug-likeness (QED) is 0.683. The molecule has 104 valence electrons. The van der Waals surface area contributed by atoms with Gasteiger partial charge in [0.15, 0.2) is 0 Å². The zero-order valence-corrected chi connectivity index (χ0v) is 12.4. The molecule has 0 aliphatic heterocycles. The van der Waals surface area contributed by atoms with Gasteiger partial charge in [0.2, 0.25) is 0 Å². The van der Waals surface area contributed by atoms with Crippen molar-refractivity contribution in [3.63, 3.8) is 0 Å². The van der Waals surface area contributed by atoms with E-state index in [9.17, 15) is 9.18 Å². The maximum Gasteiger partial charge on any atom is 0.338 e. The van der Waals surface area contributed by atoms with Gasteiger partial charge in [0, 0.05) is 5.69 Å². The SMILES string of the molecule is Cc1ccc(N)cc1C(=O)OCc1ccc(F)c(Br)c1. The van der Waals surface area contributed by atoms with Crippen LogP contribution in [0.15, 0.2) is 40.9 Å². The molecule has 0 saturated carbocycles. The smallest absolute Gasteiger partial charge is 0.338 e. The summed E-state index contributed by atoms with van der Waals surface area (Å²) in [5.74, 6) is -0.804. The molecule has 0 heterocycles. The van der Waals surface area contributed by atoms with Crippen molar-refractivity contribution in [1.29, 1.82) is 0 Å². The highest BCUT2D eigenvalue weighted by Gasteiger charge is 2.11. The van der Waals surface area contributed by atoms with E-state index in [2.05, 4.69) is 15.9 Å². The third-order valence-corrected chi connectivity index (χ3v) is 3.44. The number of ether oxygens (including phenoxy) is 1. The fraction of sp³-hybridized carbons (Fsp3) is 0.133. The Labute approximate surface area is 124 Å². The van der Waals surface area contributed by atoms with E-state index in [4.69, 9.17) is 10.5 Å². The van der Waals surface area contributed by atoms with Gasteiger partial charge in [-0.25, -0.2) is 9.18 Å². The van der Waals surface area contributed by atoms with E-state index in [0.29, 0.717) is 21.3 Å². The third kappa shape index (κ3) is 3.36. The first-order valence-electron chi connectivity index (χ1n) is 5.94. The normalized spacial score (nSPS) is 10.3. The number of nitrogen functional groups attached to an aromatic ring is 1. The van der Waals surface area contributed by atoms with Crippen LogP contribution in [0.25, 0.3) is 0 Å². The molecule has 0 amide bonds. The Balaban J connectivity index is 2.08. The number of benzene rings is 2. The summed E-state index contributed by atoms with van der Waals surface area (Å²) >= 11 is 3.09. The molecule has 0 unspecified atom stereocenters. The summed E-state index contributed by atoms with van der Waals surface area (Å²) in [5.41, 5.74) is 8.09. The molecule has 20 heavy (non-hydrogen) atoms. The van der Waals surface area contributed by atoms with Crippen molar-refractivity contribution in [1.82, 2.24) is 0 Å². The van der Waals surface area contributed by atoms with E-state index >= 15 is 0 Å². The Morgan fingerprint density at radius 1 is 1.30 bits per heavy atom. The highest BCUT2D eigenvalue weighted by atomic mass is 79.9. The van der Waals surface area contributed by atoms with Crippen LogP contribution in [-0.2, 0) is 11.3 Å². The second-order valence-corrected chi connectivity index (χ2v) is 5.25. The van der Waals surface area contributed by atoms with Crippen molar-refractivity contribution in [2.45, 2.75) is 13.5 Å². The molecule has 0 aliphatic carbocycles. The number of hydrogen-bond donors (Lipinski definition) is 1. The molecule has 2 rings (SSSR count). The molecule has 0 radical (unpaired) electrons. The molecule has 0 aromatic heterocycles. The Morgan fingerprint density at radius 2 is 2.05 bits per heavy atom. The summed E-state index contributed by atoms with van der Waals surface area (Å²) in [6.07, 6.45) is 0. The highest BCUT2D eigenvalue weighted by Crippen LogP contribution is 2.19. The minimum atomic E-state index is -0.449. The Bertz CT molecular complexity index is 658. The average Bonchev–Trinajstić information content (AvgIpc) is 2.42. The van der Waals surface area contributed by atoms with Crippen molar-refractivity contribution in [3.05, 3.63) is 63.4 Å². The predicted molar refractivity (Wildman–Crippen MR) is 78.8 cm³/mol. The second kappa shape index (κ2) is 6.05. The minimum absolute atomic E-state index is 0.0753. The molecule has 2 aromatic rings. The van der Waals surface area contributed by atoms with Crippen molar-refractivity contribution in [2.24, 2.45) is 0 Å². The molecule has 5 heteroatoms. The lowest BCUT2D eigenvalue weighted by molar-refractivity contribution is 0.0472. The van der Waals surface area contributed by atoms with E-state index in [-0.39, 0.29) is 12.4 Å². The van der Waals surface area contributed by atoms with E-state index in [1.165, 1.54) is 6.07 Å². The van der Waals surface area contributed by atoms with Crippen molar-refractivity contribution in [3.8, 4) is 0 Å². The number of carbonyl (C=O) groups excluding carboxylic acids is 1. The third-order valence-electron chi connectivity index (χ3n) is 2.84. The summed E-state index contributed by atoms with van der Waals surface area (Å²) in [4.78, 5) is 12.0. The molecule has 3 nitrogen and oxygen atoms in total. The largest absolute Gasteiger partial charge is 0.457 e. The highest BCUT2D eigenvalue weighted by molar-refractivity contribution is 9.10. The average molecular weight is 338 g/mol. The molecular formula is C15H13BrFNO2. The lowest BCUT2D eigenvalue weighted by atomic mass is 10.1. The first-order chi connectivity index (χ1) is 9.47. The number of carbonyl (C=O) groups is 1. The Morgan fingerprint density at radius 3 is 2.75 bits per heavy atom. The Kier molecular flexibility index (Phi) is 4.39. The lowest BCUT2D eigenvalue weighted by Crippen LogP contribution is -2.08. The van der Waals surface area contributed by atoms with Gasteiger partial charge in [-0.15, -0.1) is 0 Å². The van der Waals surface area contributed by atoms with Crippen LogP contribution in [0.3, 0.4) is 0 Å². The van der Waals surface area contributed by atoms with Crippen LogP contribution < -0.4 is 5.73 Å². The van der Waals surface area contributed by atoms with Gasteiger partial charge in [0.1, 0.15) is 12.4 Å². The fourth-order valence-electron chi connectivity index (χ4n) is 1.72. The first kappa shape index (κ1) is 14.5. The number of hydrogen-bond acceptors (Lipinski definition) is 3. The minimum Gasteiger partial charge on any atom is -0.457 e. The van der Waals surface area contributed by atoms with Gasteiger partial charge in [0.05, 0.1) is 10.0 Å². The van der Waals surface area contributed by atoms with E-state index in [1.54, 1.807) is 30.3 Å². The van der Waals surface area contributed by atoms with Crippen LogP contribution in [0.5, 0.6) is 0 Å². The van der Waals surface area contributed by atoms with E-state index < -0.39 is 5.97 Å². The van der Waals surface area contributed by atoms with Crippen LogP contribution >= 0.6 is 15.9 Å². The fourth-order valence-corrected chi connectivity index (χ4v) is 2.14. The molecule has 0 saturated heterocycles. The van der Waals surface area contributed by atoms with Gasteiger partial charge < -0.3 is 10.5 Å². The molecule has 0 fully saturated rings. The van der Waals surface area contributed by atoms with Gasteiger partial charge in [0.25, 0.3) is 0 Å². The molecule has 2 N–H and O–H groups in total. The van der Waals surface area contributed by atoms with Crippen molar-refractivity contribution >= 4 is 27.6 Å². The number of anilines is 1. The van der Waals surface area contributed by atoms with Crippen LogP contribution in [-0.4, -0.2) is 5.97 Å². The van der Waals surface area contributed by atoms with Crippen LogP contribution in [0, 0.1) is 12.7 Å². The van der Waals surface area contributed by atoms with Crippen LogP contribution in [0.1, 0.15) is 21.5 Å². The van der Waals surface area contributed by atoms with Crippen LogP contribution in [0.4, 0.5) is 10.1 Å². The second-order valence-electron chi connectivity index (χ2n) is 4.40. The van der Waals surface area contributed by atoms with Crippen molar-refractivity contribution < 1.29 is 13.9 Å². The maximum atomic E-state index is 13.1. The monoisotopic (exact) mass is 337 g/mol. The number of nitrogens with two attached hydrogens (primary N) is 1. The molecule has 0 atom stereocenters. The van der Waals surface area contributed by atoms with E-state index in [0.717, 1.165) is 5.56 Å². The molecule has 0 spiro atoms. The van der Waals surface area contributed by atoms with Crippen molar-refractivity contribution in [2.75, 3.05) is 5.73 Å². The molecule has 0 bridgehead atoms. The lowest BCUT2D eigenvalue weighted by Gasteiger charge is -2.08. The summed E-state index contributed by atoms with van der Waals surface area (Å²) in [6, 6.07) is 9.54. The van der Waals surface area contributed by atoms with Gasteiger partial charge in [-0.2, -0.15) is 0 Å². The molecular weight excluding hydrogens is 325 g/mol. The van der Waals surface area contributed by atoms with Gasteiger partial charge in [-0.3, -0.25) is 0 Å². The topological polar surface area (TPSA) is 52.3 Å². The zero-order valence-electron chi connectivity index (χ0n) is 10.8. The summed E-state index contributed by atoms with van der Waals surface area (Å²) in [6.45, 7) is 1.89. The standard InChI is InChI=1S/C15H13BrFNO2/c1-9-2-4-11(18)7-12(9)15(19)20-8-10-3-5-14(17)13(16)6-10/h2-7H,8,18H2,1H3. The van der Waals surface area contributed by atoms with Gasteiger partial charge in [-0.1, -0.05) is 12.1 Å². The number of esters is 1. The first-order valence-corrected chi connectivity index (χ1v) is 6.74. The summed E-state index contributed by atoms with van der Waals surface area (Å²) in [5, 5.41) is 0. The Hall–Kier alpha value is -1.88. The predicted octanol–water partition coefficient (Wildman–Crippen LogP) is 3.84. The van der Waals surface area contributed by atoms with Gasteiger partial charge in [-0.05, 0) is 58.2 Å². The van der Waals surface area contributed by atoms with E-state index in [1.807, 2.05) is 6.92 Å². The number of rotatable bonds is 3. The number of aryl methyl sites for hydroxylation is 1. The van der Waals surface area contributed by atoms with Crippen LogP contribution in [0.2, 0.25) is 0 Å². The van der Waals surface area contributed by atoms with Gasteiger partial charge >= 0.3 is 5.97 Å². The molecule has 0 aliphatic rings. The molecule has 2 aromatic carbocycles. The zero-order chi connectivity index (χ0) is 14.7. The number of halogens is 2. The summed E-state index contributed by atoms with van der Waals surface area (Å²) < 4.78 is 18.6. The maximum absolute atomic E-state index is 13.1.